The zero-order valence-corrected chi connectivity index (χ0v) is 50.9. The third-order valence-corrected chi connectivity index (χ3v) is 13.7. The molecule has 0 rings (SSSR count). The number of ether oxygens (including phenoxy) is 3. The topological polar surface area (TPSA) is 78.9 Å². The molecule has 78 heavy (non-hydrogen) atoms. The summed E-state index contributed by atoms with van der Waals surface area (Å²) in [6.07, 6.45) is 90.8. The van der Waals surface area contributed by atoms with Gasteiger partial charge in [0.25, 0.3) is 0 Å². The smallest absolute Gasteiger partial charge is 0.306 e. The van der Waals surface area contributed by atoms with Crippen molar-refractivity contribution in [1.29, 1.82) is 0 Å². The lowest BCUT2D eigenvalue weighted by Gasteiger charge is -2.18. The van der Waals surface area contributed by atoms with Crippen LogP contribution in [0, 0.1) is 0 Å². The van der Waals surface area contributed by atoms with E-state index in [1.165, 1.54) is 135 Å². The van der Waals surface area contributed by atoms with Crippen molar-refractivity contribution < 1.29 is 28.6 Å². The highest BCUT2D eigenvalue weighted by Gasteiger charge is 2.19. The van der Waals surface area contributed by atoms with Gasteiger partial charge in [0, 0.05) is 19.3 Å². The van der Waals surface area contributed by atoms with E-state index in [2.05, 4.69) is 142 Å². The molecule has 0 heterocycles. The highest BCUT2D eigenvalue weighted by atomic mass is 16.6. The molecule has 0 aromatic heterocycles. The third-order valence-electron chi connectivity index (χ3n) is 13.7. The van der Waals surface area contributed by atoms with Crippen molar-refractivity contribution in [2.45, 2.75) is 303 Å². The van der Waals surface area contributed by atoms with Crippen molar-refractivity contribution in [3.05, 3.63) is 122 Å². The maximum atomic E-state index is 12.8. The molecular weight excluding hydrogens is 961 g/mol. The molecule has 444 valence electrons. The third kappa shape index (κ3) is 62.7. The van der Waals surface area contributed by atoms with Crippen LogP contribution in [0.1, 0.15) is 297 Å². The Balaban J connectivity index is 4.17. The van der Waals surface area contributed by atoms with E-state index >= 15 is 0 Å². The Morgan fingerprint density at radius 3 is 0.795 bits per heavy atom. The van der Waals surface area contributed by atoms with Crippen LogP contribution in [0.4, 0.5) is 0 Å². The first-order valence-electron chi connectivity index (χ1n) is 32.5. The minimum absolute atomic E-state index is 0.0823. The van der Waals surface area contributed by atoms with E-state index in [0.29, 0.717) is 19.3 Å². The first-order valence-corrected chi connectivity index (χ1v) is 32.5. The fraction of sp³-hybridized carbons (Fsp3) is 0.681. The van der Waals surface area contributed by atoms with Crippen molar-refractivity contribution in [3.63, 3.8) is 0 Å². The van der Waals surface area contributed by atoms with Crippen LogP contribution in [0.25, 0.3) is 0 Å². The minimum Gasteiger partial charge on any atom is -0.462 e. The molecule has 1 atom stereocenters. The molecule has 0 aromatic carbocycles. The Labute approximate surface area is 482 Å². The summed E-state index contributed by atoms with van der Waals surface area (Å²) >= 11 is 0. The van der Waals surface area contributed by atoms with Crippen LogP contribution in [-0.4, -0.2) is 37.2 Å². The van der Waals surface area contributed by atoms with E-state index in [4.69, 9.17) is 14.2 Å². The van der Waals surface area contributed by atoms with Crippen LogP contribution in [0.5, 0.6) is 0 Å². The highest BCUT2D eigenvalue weighted by molar-refractivity contribution is 5.71. The van der Waals surface area contributed by atoms with Gasteiger partial charge in [-0.1, -0.05) is 284 Å². The van der Waals surface area contributed by atoms with Crippen molar-refractivity contribution in [3.8, 4) is 0 Å². The first kappa shape index (κ1) is 73.8. The maximum Gasteiger partial charge on any atom is 0.306 e. The number of rotatable bonds is 58. The molecule has 0 amide bonds. The Hall–Kier alpha value is -4.19. The summed E-state index contributed by atoms with van der Waals surface area (Å²) in [4.78, 5) is 38.1. The zero-order valence-electron chi connectivity index (χ0n) is 50.9. The predicted molar refractivity (Wildman–Crippen MR) is 339 cm³/mol. The second-order valence-electron chi connectivity index (χ2n) is 21.3. The van der Waals surface area contributed by atoms with Gasteiger partial charge >= 0.3 is 17.9 Å². The van der Waals surface area contributed by atoms with Crippen molar-refractivity contribution >= 4 is 17.9 Å². The summed E-state index contributed by atoms with van der Waals surface area (Å²) < 4.78 is 16.8. The van der Waals surface area contributed by atoms with Gasteiger partial charge in [0.2, 0.25) is 0 Å². The molecule has 0 saturated carbocycles. The lowest BCUT2D eigenvalue weighted by atomic mass is 10.1. The van der Waals surface area contributed by atoms with E-state index in [0.717, 1.165) is 122 Å². The van der Waals surface area contributed by atoms with Crippen LogP contribution in [0.15, 0.2) is 122 Å². The molecule has 0 spiro atoms. The Kier molecular flexibility index (Phi) is 61.8. The van der Waals surface area contributed by atoms with Gasteiger partial charge in [-0.25, -0.2) is 0 Å². The number of carbonyl (C=O) groups excluding carboxylic acids is 3. The van der Waals surface area contributed by atoms with Crippen LogP contribution < -0.4 is 0 Å². The molecule has 0 bridgehead atoms. The standard InChI is InChI=1S/C72H120O6/c1-4-7-10-13-16-19-21-23-25-27-28-29-30-31-32-33-34-35-36-37-38-39-40-41-42-43-44-46-47-49-51-53-56-59-62-65-71(74)77-68-69(67-76-70(73)64-61-58-55-18-15-12-9-6-3)78-72(75)66-63-60-57-54-52-50-48-45-26-24-22-20-17-14-11-8-5-2/h7,10,16,19,23-26,28-29,31-32,34-35,37-38,40-41,43-44,69H,4-6,8-9,11-15,17-18,20-22,27,30,33,36,39,42,45-68H2,1-3H3/b10-7-,19-16-,25-23-,26-24-,29-28-,32-31-,35-34-,38-37-,41-40-,44-43-. The van der Waals surface area contributed by atoms with Crippen molar-refractivity contribution in [1.82, 2.24) is 0 Å². The monoisotopic (exact) mass is 1080 g/mol. The van der Waals surface area contributed by atoms with Crippen LogP contribution in [0.2, 0.25) is 0 Å². The average Bonchev–Trinajstić information content (AvgIpc) is 3.44. The lowest BCUT2D eigenvalue weighted by Crippen LogP contribution is -2.30. The van der Waals surface area contributed by atoms with Gasteiger partial charge in [0.05, 0.1) is 0 Å². The molecule has 0 radical (unpaired) electrons. The normalized spacial score (nSPS) is 12.9. The molecular formula is C72H120O6. The van der Waals surface area contributed by atoms with E-state index in [1.807, 2.05) is 0 Å². The number of carbonyl (C=O) groups is 3. The van der Waals surface area contributed by atoms with Crippen LogP contribution in [-0.2, 0) is 28.6 Å². The lowest BCUT2D eigenvalue weighted by molar-refractivity contribution is -0.167. The first-order chi connectivity index (χ1) is 38.5. The number of hydrogen-bond acceptors (Lipinski definition) is 6. The number of esters is 3. The van der Waals surface area contributed by atoms with Gasteiger partial charge in [-0.15, -0.1) is 0 Å². The summed E-state index contributed by atoms with van der Waals surface area (Å²) in [5.41, 5.74) is 0. The molecule has 0 N–H and O–H groups in total. The van der Waals surface area contributed by atoms with Gasteiger partial charge in [0.1, 0.15) is 13.2 Å². The molecule has 0 saturated heterocycles. The van der Waals surface area contributed by atoms with E-state index in [-0.39, 0.29) is 31.1 Å². The average molecular weight is 1080 g/mol. The van der Waals surface area contributed by atoms with E-state index in [1.54, 1.807) is 0 Å². The Morgan fingerprint density at radius 1 is 0.269 bits per heavy atom. The zero-order chi connectivity index (χ0) is 56.4. The van der Waals surface area contributed by atoms with Crippen LogP contribution >= 0.6 is 0 Å². The molecule has 0 fully saturated rings. The molecule has 6 nitrogen and oxygen atoms in total. The molecule has 6 heteroatoms. The second kappa shape index (κ2) is 65.3. The fourth-order valence-electron chi connectivity index (χ4n) is 8.84. The fourth-order valence-corrected chi connectivity index (χ4v) is 8.84. The molecule has 0 aromatic rings. The highest BCUT2D eigenvalue weighted by Crippen LogP contribution is 2.15. The molecule has 0 aliphatic rings. The van der Waals surface area contributed by atoms with E-state index in [9.17, 15) is 14.4 Å². The largest absolute Gasteiger partial charge is 0.462 e. The summed E-state index contributed by atoms with van der Waals surface area (Å²) in [5.74, 6) is -0.898. The SMILES string of the molecule is CC/C=C\C/C=C\C/C=C\C/C=C\C/C=C\C/C=C\C/C=C\C/C=C\C/C=C\CCCCCCCCCC(=O)OCC(COC(=O)CCCCCCCCCC)OC(=O)CCCCCCCCC/C=C\CCCCCCCC. The Bertz CT molecular complexity index is 1620. The number of hydrogen-bond donors (Lipinski definition) is 0. The summed E-state index contributed by atoms with van der Waals surface area (Å²) in [6.45, 7) is 6.49. The quantitative estimate of drug-likeness (QED) is 0.0261. The maximum absolute atomic E-state index is 12.8. The summed E-state index contributed by atoms with van der Waals surface area (Å²) in [5, 5.41) is 0. The Morgan fingerprint density at radius 2 is 0.500 bits per heavy atom. The van der Waals surface area contributed by atoms with Gasteiger partial charge in [-0.2, -0.15) is 0 Å². The van der Waals surface area contributed by atoms with Gasteiger partial charge in [-0.05, 0) is 116 Å². The second-order valence-corrected chi connectivity index (χ2v) is 21.3. The molecule has 1 unspecified atom stereocenters. The van der Waals surface area contributed by atoms with Crippen molar-refractivity contribution in [2.24, 2.45) is 0 Å². The molecule has 0 aliphatic carbocycles. The van der Waals surface area contributed by atoms with Gasteiger partial charge in [-0.3, -0.25) is 14.4 Å². The van der Waals surface area contributed by atoms with E-state index < -0.39 is 6.10 Å². The number of allylic oxidation sites excluding steroid dienone is 20. The number of unbranched alkanes of at least 4 members (excludes halogenated alkanes) is 27. The molecule has 0 aliphatic heterocycles. The summed E-state index contributed by atoms with van der Waals surface area (Å²) in [7, 11) is 0. The minimum atomic E-state index is -0.784. The van der Waals surface area contributed by atoms with Gasteiger partial charge in [0.15, 0.2) is 6.10 Å². The summed E-state index contributed by atoms with van der Waals surface area (Å²) in [6, 6.07) is 0. The van der Waals surface area contributed by atoms with Crippen molar-refractivity contribution in [2.75, 3.05) is 13.2 Å². The predicted octanol–water partition coefficient (Wildman–Crippen LogP) is 22.4. The van der Waals surface area contributed by atoms with Gasteiger partial charge < -0.3 is 14.2 Å². The van der Waals surface area contributed by atoms with Crippen LogP contribution in [0.3, 0.4) is 0 Å².